The van der Waals surface area contributed by atoms with Gasteiger partial charge in [-0.1, -0.05) is 25.0 Å². The molecule has 1 aliphatic carbocycles. The summed E-state index contributed by atoms with van der Waals surface area (Å²) in [6, 6.07) is 9.83. The van der Waals surface area contributed by atoms with E-state index in [1.165, 1.54) is 4.90 Å². The van der Waals surface area contributed by atoms with E-state index in [2.05, 4.69) is 10.6 Å². The van der Waals surface area contributed by atoms with Gasteiger partial charge in [-0.15, -0.1) is 0 Å². The van der Waals surface area contributed by atoms with Gasteiger partial charge >= 0.3 is 0 Å². The van der Waals surface area contributed by atoms with Crippen molar-refractivity contribution in [3.63, 3.8) is 0 Å². The quantitative estimate of drug-likeness (QED) is 0.518. The lowest BCUT2D eigenvalue weighted by Gasteiger charge is -2.31. The average Bonchev–Trinajstić information content (AvgIpc) is 3.53. The second-order valence-corrected chi connectivity index (χ2v) is 11.0. The lowest BCUT2D eigenvalue weighted by Crippen LogP contribution is -2.51. The van der Waals surface area contributed by atoms with Crippen LogP contribution in [0.15, 0.2) is 36.4 Å². The molecule has 3 amide bonds. The first-order valence-corrected chi connectivity index (χ1v) is 13.9. The van der Waals surface area contributed by atoms with Crippen LogP contribution in [0.4, 0.5) is 11.4 Å². The van der Waals surface area contributed by atoms with Crippen LogP contribution in [-0.4, -0.2) is 52.3 Å². The molecule has 9 nitrogen and oxygen atoms in total. The number of nitrogens with zero attached hydrogens (tertiary/aromatic N) is 1. The predicted molar refractivity (Wildman–Crippen MR) is 142 cm³/mol. The molecular weight excluding hydrogens is 494 g/mol. The van der Waals surface area contributed by atoms with E-state index in [9.17, 15) is 18.6 Å². The zero-order valence-electron chi connectivity index (χ0n) is 21.4. The van der Waals surface area contributed by atoms with Gasteiger partial charge in [0.05, 0.1) is 0 Å². The summed E-state index contributed by atoms with van der Waals surface area (Å²) in [6.45, 7) is 5.62. The Kier molecular flexibility index (Phi) is 8.48. The van der Waals surface area contributed by atoms with Crippen LogP contribution in [0, 0.1) is 13.8 Å². The minimum atomic E-state index is -1.78. The lowest BCUT2D eigenvalue weighted by atomic mass is 10.1. The third kappa shape index (κ3) is 6.49. The Hall–Kier alpha value is -3.40. The van der Waals surface area contributed by atoms with Crippen molar-refractivity contribution in [1.82, 2.24) is 5.32 Å². The molecule has 198 valence electrons. The summed E-state index contributed by atoms with van der Waals surface area (Å²) in [6.07, 6.45) is 4.01. The zero-order valence-corrected chi connectivity index (χ0v) is 22.2. The molecule has 2 aromatic rings. The summed E-state index contributed by atoms with van der Waals surface area (Å²) in [5.41, 5.74) is 2.92. The maximum atomic E-state index is 13.5. The smallest absolute Gasteiger partial charge is 0.243 e. The number of aryl methyl sites for hydroxylation is 1. The number of ether oxygens (including phenoxy) is 2. The van der Waals surface area contributed by atoms with Gasteiger partial charge in [-0.3, -0.25) is 23.5 Å². The summed E-state index contributed by atoms with van der Waals surface area (Å²) in [4.78, 5) is 40.5. The molecule has 1 fully saturated rings. The Morgan fingerprint density at radius 1 is 1.05 bits per heavy atom. The fourth-order valence-corrected chi connectivity index (χ4v) is 5.52. The number of carbonyl (C=O) groups excluding carboxylic acids is 3. The highest BCUT2D eigenvalue weighted by Gasteiger charge is 2.31. The van der Waals surface area contributed by atoms with Crippen LogP contribution in [0.1, 0.15) is 43.7 Å². The molecule has 2 aromatic carbocycles. The van der Waals surface area contributed by atoms with E-state index in [4.69, 9.17) is 9.47 Å². The second-order valence-electron chi connectivity index (χ2n) is 9.49. The summed E-state index contributed by atoms with van der Waals surface area (Å²) in [5, 5.41) is 5.73. The number of carbonyl (C=O) groups is 3. The monoisotopic (exact) mass is 527 g/mol. The van der Waals surface area contributed by atoms with Crippen molar-refractivity contribution in [3.8, 4) is 11.5 Å². The minimum Gasteiger partial charge on any atom is -0.454 e. The number of rotatable bonds is 9. The summed E-state index contributed by atoms with van der Waals surface area (Å²) >= 11 is 0. The fourth-order valence-electron chi connectivity index (χ4n) is 4.64. The molecule has 0 spiro atoms. The van der Waals surface area contributed by atoms with Crippen molar-refractivity contribution >= 4 is 39.9 Å². The molecule has 1 aliphatic heterocycles. The summed E-state index contributed by atoms with van der Waals surface area (Å²) < 4.78 is 23.4. The molecule has 2 atom stereocenters. The third-order valence-electron chi connectivity index (χ3n) is 6.81. The van der Waals surface area contributed by atoms with Crippen LogP contribution in [0.3, 0.4) is 0 Å². The van der Waals surface area contributed by atoms with Crippen molar-refractivity contribution in [3.05, 3.63) is 47.5 Å². The van der Waals surface area contributed by atoms with Crippen LogP contribution in [0.5, 0.6) is 11.5 Å². The standard InChI is InChI=1S/C27H33N3O6S/c1-17-7-6-10-22(18(17)2)30(19(3)27(33)29-20-8-4-5-9-20)26(32)15-37(34)14-25(31)28-21-11-12-23-24(13-21)36-16-35-23/h6-7,10-13,19-20H,4-5,8-9,14-16H2,1-3H3,(H,28,31)(H,29,33)/t19-,37-/m1/s1. The average molecular weight is 528 g/mol. The van der Waals surface area contributed by atoms with Crippen LogP contribution in [0.25, 0.3) is 0 Å². The molecule has 2 N–H and O–H groups in total. The highest BCUT2D eigenvalue weighted by molar-refractivity contribution is 7.86. The van der Waals surface area contributed by atoms with Crippen LogP contribution >= 0.6 is 0 Å². The molecule has 1 saturated carbocycles. The number of hydrogen-bond donors (Lipinski definition) is 2. The molecule has 2 aliphatic rings. The van der Waals surface area contributed by atoms with Crippen LogP contribution < -0.4 is 25.0 Å². The Morgan fingerprint density at radius 2 is 1.78 bits per heavy atom. The molecule has 10 heteroatoms. The molecule has 0 radical (unpaired) electrons. The Labute approximate surface area is 219 Å². The van der Waals surface area contributed by atoms with E-state index in [0.717, 1.165) is 36.8 Å². The van der Waals surface area contributed by atoms with Crippen molar-refractivity contribution in [2.75, 3.05) is 28.5 Å². The van der Waals surface area contributed by atoms with Gasteiger partial charge in [-0.25, -0.2) is 0 Å². The van der Waals surface area contributed by atoms with E-state index in [-0.39, 0.29) is 30.2 Å². The molecule has 37 heavy (non-hydrogen) atoms. The van der Waals surface area contributed by atoms with Gasteiger partial charge in [0.15, 0.2) is 11.5 Å². The normalized spacial score (nSPS) is 16.2. The largest absolute Gasteiger partial charge is 0.454 e. The molecule has 4 rings (SSSR count). The Bertz CT molecular complexity index is 1210. The van der Waals surface area contributed by atoms with E-state index in [1.54, 1.807) is 31.2 Å². The topological polar surface area (TPSA) is 114 Å². The van der Waals surface area contributed by atoms with Crippen molar-refractivity contribution in [1.29, 1.82) is 0 Å². The van der Waals surface area contributed by atoms with E-state index < -0.39 is 28.7 Å². The summed E-state index contributed by atoms with van der Waals surface area (Å²) in [5.74, 6) is -0.848. The first-order chi connectivity index (χ1) is 17.7. The molecule has 0 saturated heterocycles. The number of nitrogens with one attached hydrogen (secondary N) is 2. The second kappa shape index (κ2) is 11.8. The van der Waals surface area contributed by atoms with Crippen molar-refractivity contribution < 1.29 is 28.1 Å². The third-order valence-corrected chi connectivity index (χ3v) is 7.96. The van der Waals surface area contributed by atoms with Gasteiger partial charge in [-0.05, 0) is 62.9 Å². The molecule has 0 bridgehead atoms. The molecule has 1 heterocycles. The highest BCUT2D eigenvalue weighted by atomic mass is 32.2. The van der Waals surface area contributed by atoms with Gasteiger partial charge < -0.3 is 20.1 Å². The van der Waals surface area contributed by atoms with E-state index >= 15 is 0 Å². The van der Waals surface area contributed by atoms with E-state index in [0.29, 0.717) is 22.9 Å². The first-order valence-electron chi connectivity index (χ1n) is 12.5. The molecular formula is C27H33N3O6S. The van der Waals surface area contributed by atoms with Crippen LogP contribution in [0.2, 0.25) is 0 Å². The van der Waals surface area contributed by atoms with Crippen LogP contribution in [-0.2, 0) is 25.2 Å². The number of hydrogen-bond acceptors (Lipinski definition) is 6. The molecule has 0 unspecified atom stereocenters. The maximum Gasteiger partial charge on any atom is 0.243 e. The Morgan fingerprint density at radius 3 is 2.54 bits per heavy atom. The predicted octanol–water partition coefficient (Wildman–Crippen LogP) is 3.20. The lowest BCUT2D eigenvalue weighted by molar-refractivity contribution is -0.125. The van der Waals surface area contributed by atoms with Gasteiger partial charge in [0, 0.05) is 34.3 Å². The minimum absolute atomic E-state index is 0.111. The SMILES string of the molecule is Cc1cccc(N(C(=O)C[S@](=O)CC(=O)Nc2ccc3c(c2)OCO3)[C@H](C)C(=O)NC2CCCC2)c1C. The Balaban J connectivity index is 1.43. The number of amides is 3. The van der Waals surface area contributed by atoms with Gasteiger partial charge in [0.2, 0.25) is 24.5 Å². The number of benzene rings is 2. The summed E-state index contributed by atoms with van der Waals surface area (Å²) in [7, 11) is -1.78. The maximum absolute atomic E-state index is 13.5. The van der Waals surface area contributed by atoms with E-state index in [1.807, 2.05) is 26.0 Å². The van der Waals surface area contributed by atoms with Gasteiger partial charge in [0.25, 0.3) is 0 Å². The number of fused-ring (bicyclic) bond motifs is 1. The highest BCUT2D eigenvalue weighted by Crippen LogP contribution is 2.34. The van der Waals surface area contributed by atoms with Gasteiger partial charge in [0.1, 0.15) is 17.5 Å². The zero-order chi connectivity index (χ0) is 26.5. The fraction of sp³-hybridized carbons (Fsp3) is 0.444. The van der Waals surface area contributed by atoms with Gasteiger partial charge in [-0.2, -0.15) is 0 Å². The van der Waals surface area contributed by atoms with Crippen molar-refractivity contribution in [2.45, 2.75) is 58.5 Å². The first kappa shape index (κ1) is 26.7. The van der Waals surface area contributed by atoms with Crippen molar-refractivity contribution in [2.24, 2.45) is 0 Å². The number of anilines is 2. The molecule has 0 aromatic heterocycles.